The van der Waals surface area contributed by atoms with E-state index in [0.29, 0.717) is 12.0 Å². The fourth-order valence-electron chi connectivity index (χ4n) is 1.02. The first-order valence-electron chi connectivity index (χ1n) is 3.85. The van der Waals surface area contributed by atoms with Crippen molar-refractivity contribution in [2.75, 3.05) is 0 Å². The zero-order valence-corrected chi connectivity index (χ0v) is 8.07. The van der Waals surface area contributed by atoms with E-state index in [2.05, 4.69) is 0 Å². The van der Waals surface area contributed by atoms with Gasteiger partial charge in [0.05, 0.1) is 0 Å². The van der Waals surface area contributed by atoms with Gasteiger partial charge in [0.25, 0.3) is 0 Å². The van der Waals surface area contributed by atoms with Gasteiger partial charge in [0.1, 0.15) is 11.6 Å². The molecule has 1 aromatic rings. The van der Waals surface area contributed by atoms with Gasteiger partial charge < -0.3 is 5.73 Å². The van der Waals surface area contributed by atoms with Crippen LogP contribution >= 0.6 is 12.4 Å². The number of rotatable bonds is 2. The zero-order chi connectivity index (χ0) is 9.14. The van der Waals surface area contributed by atoms with Crippen molar-refractivity contribution in [1.82, 2.24) is 0 Å². The number of hydrogen-bond acceptors (Lipinski definition) is 1. The third-order valence-electron chi connectivity index (χ3n) is 1.80. The van der Waals surface area contributed by atoms with Gasteiger partial charge in [-0.2, -0.15) is 0 Å². The molecule has 1 rings (SSSR count). The van der Waals surface area contributed by atoms with Crippen LogP contribution in [0.4, 0.5) is 8.78 Å². The van der Waals surface area contributed by atoms with Crippen molar-refractivity contribution in [2.45, 2.75) is 19.4 Å². The van der Waals surface area contributed by atoms with Crippen molar-refractivity contribution >= 4 is 12.4 Å². The second-order valence-electron chi connectivity index (χ2n) is 2.68. The summed E-state index contributed by atoms with van der Waals surface area (Å²) in [4.78, 5) is 0. The van der Waals surface area contributed by atoms with Crippen LogP contribution in [-0.4, -0.2) is 0 Å². The predicted molar refractivity (Wildman–Crippen MR) is 50.8 cm³/mol. The van der Waals surface area contributed by atoms with Crippen LogP contribution in [0, 0.1) is 11.6 Å². The Morgan fingerprint density at radius 2 is 2.00 bits per heavy atom. The molecule has 74 valence electrons. The SMILES string of the molecule is CC[C@@H](N)c1ccc(F)cc1F.Cl. The molecular formula is C9H12ClF2N. The van der Waals surface area contributed by atoms with Crippen molar-refractivity contribution in [1.29, 1.82) is 0 Å². The van der Waals surface area contributed by atoms with E-state index in [-0.39, 0.29) is 18.4 Å². The molecule has 1 aromatic carbocycles. The second-order valence-corrected chi connectivity index (χ2v) is 2.68. The van der Waals surface area contributed by atoms with Gasteiger partial charge in [-0.1, -0.05) is 13.0 Å². The molecule has 0 unspecified atom stereocenters. The van der Waals surface area contributed by atoms with Gasteiger partial charge in [0, 0.05) is 17.7 Å². The van der Waals surface area contributed by atoms with Crippen molar-refractivity contribution < 1.29 is 8.78 Å². The van der Waals surface area contributed by atoms with E-state index >= 15 is 0 Å². The molecule has 4 heteroatoms. The number of hydrogen-bond donors (Lipinski definition) is 1. The highest BCUT2D eigenvalue weighted by molar-refractivity contribution is 5.85. The van der Waals surface area contributed by atoms with E-state index in [9.17, 15) is 8.78 Å². The molecule has 0 saturated heterocycles. The minimum atomic E-state index is -0.570. The molecule has 0 saturated carbocycles. The summed E-state index contributed by atoms with van der Waals surface area (Å²) in [6, 6.07) is 3.11. The molecule has 13 heavy (non-hydrogen) atoms. The Balaban J connectivity index is 0.00000144. The van der Waals surface area contributed by atoms with Crippen LogP contribution in [0.5, 0.6) is 0 Å². The Hall–Kier alpha value is -0.670. The summed E-state index contributed by atoms with van der Waals surface area (Å²) in [5.41, 5.74) is 5.96. The third-order valence-corrected chi connectivity index (χ3v) is 1.80. The minimum absolute atomic E-state index is 0. The lowest BCUT2D eigenvalue weighted by atomic mass is 10.1. The fourth-order valence-corrected chi connectivity index (χ4v) is 1.02. The van der Waals surface area contributed by atoms with Gasteiger partial charge in [-0.3, -0.25) is 0 Å². The van der Waals surface area contributed by atoms with Crippen LogP contribution in [0.1, 0.15) is 24.9 Å². The Morgan fingerprint density at radius 1 is 1.38 bits per heavy atom. The topological polar surface area (TPSA) is 26.0 Å². The van der Waals surface area contributed by atoms with Crippen LogP contribution in [0.3, 0.4) is 0 Å². The van der Waals surface area contributed by atoms with Crippen LogP contribution in [0.25, 0.3) is 0 Å². The standard InChI is InChI=1S/C9H11F2N.ClH/c1-2-9(12)7-4-3-6(10)5-8(7)11;/h3-5,9H,2,12H2,1H3;1H/t9-;/m1./s1. The van der Waals surface area contributed by atoms with Crippen molar-refractivity contribution in [3.63, 3.8) is 0 Å². The van der Waals surface area contributed by atoms with E-state index in [1.54, 1.807) is 0 Å². The van der Waals surface area contributed by atoms with Gasteiger partial charge in [0.2, 0.25) is 0 Å². The average Bonchev–Trinajstić information content (AvgIpc) is 2.03. The van der Waals surface area contributed by atoms with E-state index in [1.165, 1.54) is 12.1 Å². The molecule has 1 atom stereocenters. The molecule has 0 aliphatic carbocycles. The van der Waals surface area contributed by atoms with Gasteiger partial charge >= 0.3 is 0 Å². The highest BCUT2D eigenvalue weighted by Gasteiger charge is 2.09. The summed E-state index contributed by atoms with van der Waals surface area (Å²) in [5, 5.41) is 0. The molecule has 0 bridgehead atoms. The molecule has 0 aliphatic heterocycles. The lowest BCUT2D eigenvalue weighted by molar-refractivity contribution is 0.551. The molecule has 0 fully saturated rings. The van der Waals surface area contributed by atoms with E-state index in [4.69, 9.17) is 5.73 Å². The summed E-state index contributed by atoms with van der Waals surface area (Å²) < 4.78 is 25.4. The Kier molecular flexibility index (Phi) is 4.88. The quantitative estimate of drug-likeness (QED) is 0.793. The molecule has 0 amide bonds. The smallest absolute Gasteiger partial charge is 0.130 e. The van der Waals surface area contributed by atoms with Crippen LogP contribution < -0.4 is 5.73 Å². The largest absolute Gasteiger partial charge is 0.324 e. The predicted octanol–water partition coefficient (Wildman–Crippen LogP) is 2.80. The fraction of sp³-hybridized carbons (Fsp3) is 0.333. The lowest BCUT2D eigenvalue weighted by Crippen LogP contribution is -2.10. The Labute approximate surface area is 82.4 Å². The van der Waals surface area contributed by atoms with E-state index in [0.717, 1.165) is 6.07 Å². The van der Waals surface area contributed by atoms with Gasteiger partial charge in [-0.05, 0) is 12.5 Å². The summed E-state index contributed by atoms with van der Waals surface area (Å²) in [6.45, 7) is 1.85. The van der Waals surface area contributed by atoms with Crippen molar-refractivity contribution in [3.05, 3.63) is 35.4 Å². The molecule has 1 nitrogen and oxygen atoms in total. The maximum Gasteiger partial charge on any atom is 0.130 e. The minimum Gasteiger partial charge on any atom is -0.324 e. The van der Waals surface area contributed by atoms with Gasteiger partial charge in [0.15, 0.2) is 0 Å². The van der Waals surface area contributed by atoms with Gasteiger partial charge in [-0.15, -0.1) is 12.4 Å². The lowest BCUT2D eigenvalue weighted by Gasteiger charge is -2.09. The molecule has 0 aromatic heterocycles. The first-order valence-corrected chi connectivity index (χ1v) is 3.85. The van der Waals surface area contributed by atoms with E-state index < -0.39 is 11.6 Å². The first-order chi connectivity index (χ1) is 5.65. The summed E-state index contributed by atoms with van der Waals surface area (Å²) in [7, 11) is 0. The van der Waals surface area contributed by atoms with Crippen LogP contribution in [-0.2, 0) is 0 Å². The van der Waals surface area contributed by atoms with Crippen molar-refractivity contribution in [3.8, 4) is 0 Å². The molecule has 0 aliphatic rings. The summed E-state index contributed by atoms with van der Waals surface area (Å²) in [5.74, 6) is -1.14. The normalized spacial score (nSPS) is 12.0. The molecule has 2 N–H and O–H groups in total. The second kappa shape index (κ2) is 5.14. The Bertz CT molecular complexity index is 278. The number of benzene rings is 1. The Morgan fingerprint density at radius 3 is 2.46 bits per heavy atom. The summed E-state index contributed by atoms with van der Waals surface area (Å²) >= 11 is 0. The van der Waals surface area contributed by atoms with E-state index in [1.807, 2.05) is 6.92 Å². The van der Waals surface area contributed by atoms with Crippen molar-refractivity contribution in [2.24, 2.45) is 5.73 Å². The zero-order valence-electron chi connectivity index (χ0n) is 7.26. The molecular weight excluding hydrogens is 196 g/mol. The molecule has 0 heterocycles. The molecule has 0 spiro atoms. The third kappa shape index (κ3) is 2.94. The highest BCUT2D eigenvalue weighted by atomic mass is 35.5. The summed E-state index contributed by atoms with van der Waals surface area (Å²) in [6.07, 6.45) is 0.641. The van der Waals surface area contributed by atoms with Crippen LogP contribution in [0.2, 0.25) is 0 Å². The average molecular weight is 208 g/mol. The molecule has 0 radical (unpaired) electrons. The van der Waals surface area contributed by atoms with Gasteiger partial charge in [-0.25, -0.2) is 8.78 Å². The maximum atomic E-state index is 13.0. The first kappa shape index (κ1) is 12.3. The maximum absolute atomic E-state index is 13.0. The highest BCUT2D eigenvalue weighted by Crippen LogP contribution is 2.17. The number of nitrogens with two attached hydrogens (primary N) is 1. The van der Waals surface area contributed by atoms with Crippen LogP contribution in [0.15, 0.2) is 18.2 Å². The number of halogens is 3. The monoisotopic (exact) mass is 207 g/mol.